The van der Waals surface area contributed by atoms with E-state index in [2.05, 4.69) is 0 Å². The van der Waals surface area contributed by atoms with Gasteiger partial charge in [-0.05, 0) is 31.7 Å². The van der Waals surface area contributed by atoms with Crippen molar-refractivity contribution < 1.29 is 24.2 Å². The Labute approximate surface area is 130 Å². The molecule has 0 heterocycles. The average Bonchev–Trinajstić information content (AvgIpc) is 2.50. The number of benzene rings is 1. The topological polar surface area (TPSA) is 80.7 Å². The molecule has 0 spiro atoms. The van der Waals surface area contributed by atoms with E-state index in [4.69, 9.17) is 9.84 Å². The zero-order chi connectivity index (χ0) is 16.4. The molecule has 5 nitrogen and oxygen atoms in total. The number of unbranched alkanes of at least 4 members (excludes halogenated alkanes) is 1. The van der Waals surface area contributed by atoms with E-state index in [1.54, 1.807) is 19.1 Å². The van der Waals surface area contributed by atoms with Crippen LogP contribution in [0.3, 0.4) is 0 Å². The summed E-state index contributed by atoms with van der Waals surface area (Å²) in [6, 6.07) is 7.20. The summed E-state index contributed by atoms with van der Waals surface area (Å²) in [5.74, 6) is -1.29. The van der Waals surface area contributed by atoms with E-state index >= 15 is 0 Å². The summed E-state index contributed by atoms with van der Waals surface area (Å²) in [4.78, 5) is 33.4. The summed E-state index contributed by atoms with van der Waals surface area (Å²) < 4.78 is 4.86. The number of carbonyl (C=O) groups is 3. The van der Waals surface area contributed by atoms with Crippen LogP contribution in [0.4, 0.5) is 0 Å². The first-order valence-electron chi connectivity index (χ1n) is 7.52. The maximum Gasteiger partial charge on any atom is 0.305 e. The predicted octanol–water partition coefficient (Wildman–Crippen LogP) is 3.01. The lowest BCUT2D eigenvalue weighted by molar-refractivity contribution is -0.143. The Morgan fingerprint density at radius 2 is 1.68 bits per heavy atom. The Hall–Kier alpha value is -2.17. The molecule has 1 rings (SSSR count). The zero-order valence-corrected chi connectivity index (χ0v) is 12.8. The molecule has 0 saturated heterocycles. The Morgan fingerprint density at radius 1 is 1.00 bits per heavy atom. The standard InChI is InChI=1S/C17H22O5/c1-2-22-17(21)6-4-3-5-13-7-9-14(10-8-13)15(18)11-12-16(19)20/h7-10H,2-6,11-12H2,1H3,(H,19,20). The smallest absolute Gasteiger partial charge is 0.305 e. The largest absolute Gasteiger partial charge is 0.481 e. The minimum atomic E-state index is -0.966. The van der Waals surface area contributed by atoms with Gasteiger partial charge in [-0.1, -0.05) is 24.3 Å². The second kappa shape index (κ2) is 9.71. The number of rotatable bonds is 10. The molecule has 22 heavy (non-hydrogen) atoms. The van der Waals surface area contributed by atoms with Crippen LogP contribution in [0, 0.1) is 0 Å². The van der Waals surface area contributed by atoms with E-state index < -0.39 is 5.97 Å². The molecule has 120 valence electrons. The number of hydrogen-bond acceptors (Lipinski definition) is 4. The fourth-order valence-electron chi connectivity index (χ4n) is 2.05. The van der Waals surface area contributed by atoms with Crippen molar-refractivity contribution in [3.63, 3.8) is 0 Å². The lowest BCUT2D eigenvalue weighted by atomic mass is 10.0. The molecule has 0 aliphatic rings. The van der Waals surface area contributed by atoms with Crippen LogP contribution in [-0.2, 0) is 20.7 Å². The van der Waals surface area contributed by atoms with Crippen LogP contribution < -0.4 is 0 Å². The molecular weight excluding hydrogens is 284 g/mol. The molecule has 1 N–H and O–H groups in total. The molecule has 5 heteroatoms. The van der Waals surface area contributed by atoms with Gasteiger partial charge in [0.15, 0.2) is 5.78 Å². The lowest BCUT2D eigenvalue weighted by Crippen LogP contribution is -2.04. The van der Waals surface area contributed by atoms with Crippen LogP contribution in [0.1, 0.15) is 54.9 Å². The highest BCUT2D eigenvalue weighted by Crippen LogP contribution is 2.11. The fourth-order valence-corrected chi connectivity index (χ4v) is 2.05. The van der Waals surface area contributed by atoms with Gasteiger partial charge in [-0.15, -0.1) is 0 Å². The van der Waals surface area contributed by atoms with Crippen LogP contribution in [0.5, 0.6) is 0 Å². The molecule has 0 fully saturated rings. The first-order valence-corrected chi connectivity index (χ1v) is 7.52. The lowest BCUT2D eigenvalue weighted by Gasteiger charge is -2.04. The van der Waals surface area contributed by atoms with E-state index in [1.165, 1.54) is 0 Å². The Bertz CT molecular complexity index is 504. The highest BCUT2D eigenvalue weighted by molar-refractivity contribution is 5.97. The van der Waals surface area contributed by atoms with E-state index in [9.17, 15) is 14.4 Å². The van der Waals surface area contributed by atoms with Gasteiger partial charge in [-0.2, -0.15) is 0 Å². The van der Waals surface area contributed by atoms with Crippen LogP contribution in [0.2, 0.25) is 0 Å². The van der Waals surface area contributed by atoms with Gasteiger partial charge < -0.3 is 9.84 Å². The van der Waals surface area contributed by atoms with Crippen molar-refractivity contribution >= 4 is 17.7 Å². The summed E-state index contributed by atoms with van der Waals surface area (Å²) >= 11 is 0. The minimum Gasteiger partial charge on any atom is -0.481 e. The van der Waals surface area contributed by atoms with E-state index in [0.29, 0.717) is 18.6 Å². The SMILES string of the molecule is CCOC(=O)CCCCc1ccc(C(=O)CCC(=O)O)cc1. The van der Waals surface area contributed by atoms with Gasteiger partial charge in [0.05, 0.1) is 13.0 Å². The third-order valence-electron chi connectivity index (χ3n) is 3.24. The summed E-state index contributed by atoms with van der Waals surface area (Å²) in [6.07, 6.45) is 2.80. The molecule has 0 bridgehead atoms. The van der Waals surface area contributed by atoms with Crippen LogP contribution >= 0.6 is 0 Å². The van der Waals surface area contributed by atoms with Crippen molar-refractivity contribution in [3.05, 3.63) is 35.4 Å². The van der Waals surface area contributed by atoms with Crippen molar-refractivity contribution in [3.8, 4) is 0 Å². The predicted molar refractivity (Wildman–Crippen MR) is 81.8 cm³/mol. The number of ketones is 1. The monoisotopic (exact) mass is 306 g/mol. The van der Waals surface area contributed by atoms with Crippen molar-refractivity contribution in [1.29, 1.82) is 0 Å². The third-order valence-corrected chi connectivity index (χ3v) is 3.24. The third kappa shape index (κ3) is 7.02. The van der Waals surface area contributed by atoms with Crippen LogP contribution in [0.15, 0.2) is 24.3 Å². The zero-order valence-electron chi connectivity index (χ0n) is 12.8. The second-order valence-electron chi connectivity index (χ2n) is 5.03. The average molecular weight is 306 g/mol. The number of aryl methyl sites for hydroxylation is 1. The normalized spacial score (nSPS) is 10.2. The number of Topliss-reactive ketones (excluding diaryl/α,β-unsaturated/α-hetero) is 1. The van der Waals surface area contributed by atoms with Crippen molar-refractivity contribution in [2.24, 2.45) is 0 Å². The number of carboxylic acids is 1. The van der Waals surface area contributed by atoms with Crippen molar-refractivity contribution in [2.45, 2.75) is 45.4 Å². The van der Waals surface area contributed by atoms with Gasteiger partial charge >= 0.3 is 11.9 Å². The molecule has 0 aliphatic heterocycles. The van der Waals surface area contributed by atoms with E-state index in [1.807, 2.05) is 12.1 Å². The molecule has 0 aromatic heterocycles. The minimum absolute atomic E-state index is 0.0220. The first kappa shape index (κ1) is 17.9. The summed E-state index contributed by atoms with van der Waals surface area (Å²) in [5.41, 5.74) is 1.63. The molecule has 1 aromatic carbocycles. The summed E-state index contributed by atoms with van der Waals surface area (Å²) in [7, 11) is 0. The van der Waals surface area contributed by atoms with Crippen molar-refractivity contribution in [1.82, 2.24) is 0 Å². The molecule has 0 unspecified atom stereocenters. The van der Waals surface area contributed by atoms with Crippen LogP contribution in [0.25, 0.3) is 0 Å². The van der Waals surface area contributed by atoms with Gasteiger partial charge in [0.2, 0.25) is 0 Å². The summed E-state index contributed by atoms with van der Waals surface area (Å²) in [6.45, 7) is 2.20. The highest BCUT2D eigenvalue weighted by Gasteiger charge is 2.08. The molecule has 0 saturated carbocycles. The number of carbonyl (C=O) groups excluding carboxylic acids is 2. The number of hydrogen-bond donors (Lipinski definition) is 1. The molecule has 0 radical (unpaired) electrons. The fraction of sp³-hybridized carbons (Fsp3) is 0.471. The van der Waals surface area contributed by atoms with Crippen molar-refractivity contribution in [2.75, 3.05) is 6.61 Å². The highest BCUT2D eigenvalue weighted by atomic mass is 16.5. The van der Waals surface area contributed by atoms with E-state index in [-0.39, 0.29) is 24.6 Å². The molecule has 0 amide bonds. The molecule has 0 aliphatic carbocycles. The number of aliphatic carboxylic acids is 1. The second-order valence-corrected chi connectivity index (χ2v) is 5.03. The van der Waals surface area contributed by atoms with Gasteiger partial charge in [0, 0.05) is 18.4 Å². The van der Waals surface area contributed by atoms with Gasteiger partial charge in [-0.25, -0.2) is 0 Å². The quantitative estimate of drug-likeness (QED) is 0.408. The molecule has 1 aromatic rings. The number of carboxylic acid groups (broad SMARTS) is 1. The maximum absolute atomic E-state index is 11.7. The first-order chi connectivity index (χ1) is 10.5. The van der Waals surface area contributed by atoms with Gasteiger partial charge in [0.1, 0.15) is 0 Å². The van der Waals surface area contributed by atoms with Crippen LogP contribution in [-0.4, -0.2) is 29.4 Å². The van der Waals surface area contributed by atoms with Gasteiger partial charge in [-0.3, -0.25) is 14.4 Å². The molecular formula is C17H22O5. The Kier molecular flexibility index (Phi) is 7.89. The Balaban J connectivity index is 2.34. The van der Waals surface area contributed by atoms with Gasteiger partial charge in [0.25, 0.3) is 0 Å². The molecule has 0 atom stereocenters. The number of esters is 1. The summed E-state index contributed by atoms with van der Waals surface area (Å²) in [5, 5.41) is 8.56. The van der Waals surface area contributed by atoms with E-state index in [0.717, 1.165) is 24.8 Å². The Morgan fingerprint density at radius 3 is 2.27 bits per heavy atom. The maximum atomic E-state index is 11.7. The number of ether oxygens (including phenoxy) is 1.